The molecule has 119 heavy (non-hydrogen) atoms. The van der Waals surface area contributed by atoms with E-state index in [1.54, 1.807) is 19.1 Å². The van der Waals surface area contributed by atoms with E-state index in [-0.39, 0.29) is 80.7 Å². The first-order valence-electron chi connectivity index (χ1n) is 39.6. The Bertz CT molecular complexity index is 4250. The number of alkyl halides is 1. The minimum Gasteiger partial charge on any atom is -0.493 e. The van der Waals surface area contributed by atoms with Crippen LogP contribution in [0.2, 0.25) is 0 Å². The minimum absolute atomic E-state index is 0.0138. The number of amides is 15. The average molecular weight is 1670 g/mol. The maximum Gasteiger partial charge on any atom is 0.258 e. The second-order valence-electron chi connectivity index (χ2n) is 32.8. The molecule has 0 spiro atoms. The fraction of sp³-hybridized carbons (Fsp3) is 0.630. The highest BCUT2D eigenvalue weighted by Crippen LogP contribution is 2.72. The SMILES string of the molecule is CC(=O)CN(C)C(=O)CN(C)C(=O)CN(C)C(=O)CN(C)C(=O)CN(C)C(=O)CN(C)C(=O)CN(C)C(=O)CN(C)C(=O)CN(C)C(=O)CN(C)C(=O)CCCOc1cc(N2C(=O)C=CC2=O)ccc1CCC(=O)N[C@@H](C)C(=O)N[C@@H](C)C(=O)NCOCC(=O)[C@@]12O[C@H](C3CCC3)O[C@@H]1C[C@H]1[C@@H]3CCC4=CC(=O)C=C[C@]4(C)[C@@]3(F)[C@@H](O)C[C@@]12C. The van der Waals surface area contributed by atoms with Gasteiger partial charge in [0.25, 0.3) is 11.8 Å². The number of halogens is 1. The van der Waals surface area contributed by atoms with Crippen LogP contribution < -0.4 is 25.6 Å². The van der Waals surface area contributed by atoms with Crippen LogP contribution >= 0.6 is 0 Å². The van der Waals surface area contributed by atoms with Gasteiger partial charge in [-0.3, -0.25) is 86.3 Å². The predicted molar refractivity (Wildman–Crippen MR) is 421 cm³/mol. The average Bonchev–Trinajstić information content (AvgIpc) is 1.53. The lowest BCUT2D eigenvalue weighted by Crippen LogP contribution is -2.70. The Morgan fingerprint density at radius 1 is 0.597 bits per heavy atom. The number of ketones is 3. The molecule has 8 rings (SSSR count). The van der Waals surface area contributed by atoms with Crippen molar-refractivity contribution in [3.63, 3.8) is 0 Å². The summed E-state index contributed by atoms with van der Waals surface area (Å²) in [7, 11) is 13.3. The number of ether oxygens (including phenoxy) is 4. The van der Waals surface area contributed by atoms with Crippen molar-refractivity contribution in [2.24, 2.45) is 28.6 Å². The molecular formula is C81H113FN14O23. The highest BCUT2D eigenvalue weighted by Gasteiger charge is 2.79. The van der Waals surface area contributed by atoms with E-state index < -0.39 is 225 Å². The van der Waals surface area contributed by atoms with E-state index in [2.05, 4.69) is 16.0 Å². The predicted octanol–water partition coefficient (Wildman–Crippen LogP) is -1.69. The zero-order valence-corrected chi connectivity index (χ0v) is 70.4. The van der Waals surface area contributed by atoms with E-state index in [0.717, 1.165) is 80.4 Å². The highest BCUT2D eigenvalue weighted by molar-refractivity contribution is 6.28. The molecule has 2 aliphatic heterocycles. The molecule has 5 fully saturated rings. The zero-order valence-electron chi connectivity index (χ0n) is 70.4. The van der Waals surface area contributed by atoms with Gasteiger partial charge in [-0.2, -0.15) is 0 Å². The largest absolute Gasteiger partial charge is 0.493 e. The molecule has 0 unspecified atom stereocenters. The van der Waals surface area contributed by atoms with Gasteiger partial charge in [0.05, 0.1) is 89.9 Å². The van der Waals surface area contributed by atoms with Crippen LogP contribution in [0.25, 0.3) is 0 Å². The van der Waals surface area contributed by atoms with Gasteiger partial charge >= 0.3 is 0 Å². The standard InChI is InChI=1S/C81H113FN14O23/c1-48(97)36-86(6)66(105)38-88(8)68(107)40-90(10)70(109)42-92(12)72(111)44-94(14)74(113)45-95(15)73(112)43-93(13)71(110)41-91(11)69(108)39-89(9)67(106)37-87(7)63(102)20-17-31-117-58-33-54(96-64(103)27-28-65(96)104)24-21-51(58)22-26-62(101)84-50(3)76(115)85-49(2)75(114)83-47-116-46-60(100)81-61(118-77(119-81)52-18-16-19-52)34-57-56-25-23-53-32-55(98)29-30-78(53,4)80(56,82)59(99)35-79(57,81)5/h21,24,27-30,32-33,49-50,52,56-57,59,61,77,99H,16-20,22-23,25-26,31,34-47H2,1-15H3,(H,83,114)(H,84,101)(H,85,115)/t49-,50-,56-,57-,59-,61+,77+,78-,79-,80-,81+/m0/s1. The summed E-state index contributed by atoms with van der Waals surface area (Å²) in [6, 6.07) is 2.15. The molecule has 4 N–H and O–H groups in total. The quantitative estimate of drug-likeness (QED) is 0.0325. The lowest BCUT2D eigenvalue weighted by Gasteiger charge is -2.62. The Morgan fingerprint density at radius 2 is 1.06 bits per heavy atom. The maximum atomic E-state index is 18.0. The number of allylic oxidation sites excluding steroid dienone is 4. The molecule has 37 nitrogen and oxygen atoms in total. The van der Waals surface area contributed by atoms with Crippen LogP contribution in [-0.2, 0) is 107 Å². The summed E-state index contributed by atoms with van der Waals surface area (Å²) in [5.41, 5.74) is -4.87. The van der Waals surface area contributed by atoms with Crippen LogP contribution in [0.3, 0.4) is 0 Å². The van der Waals surface area contributed by atoms with Gasteiger partial charge in [-0.25, -0.2) is 9.29 Å². The van der Waals surface area contributed by atoms with Gasteiger partial charge < -0.3 is 89.0 Å². The lowest BCUT2D eigenvalue weighted by molar-refractivity contribution is -0.238. The maximum absolute atomic E-state index is 18.0. The molecule has 11 atom stereocenters. The number of aliphatic hydroxyl groups excluding tert-OH is 1. The van der Waals surface area contributed by atoms with E-state index in [1.807, 2.05) is 6.92 Å². The first kappa shape index (κ1) is 93.8. The molecule has 0 aromatic heterocycles. The molecular weight excluding hydrogens is 1560 g/mol. The highest BCUT2D eigenvalue weighted by atomic mass is 19.1. The number of aliphatic hydroxyl groups is 1. The molecule has 0 bridgehead atoms. The number of carbonyl (C=O) groups is 18. The monoisotopic (exact) mass is 1670 g/mol. The molecule has 1 saturated heterocycles. The number of rotatable bonds is 39. The minimum atomic E-state index is -2.15. The molecule has 15 amide bonds. The molecule has 1 aromatic carbocycles. The Hall–Kier alpha value is -10.7. The number of imide groups is 1. The summed E-state index contributed by atoms with van der Waals surface area (Å²) in [6.45, 7) is 2.27. The molecule has 4 saturated carbocycles. The molecule has 2 heterocycles. The number of hydrogen-bond acceptors (Lipinski definition) is 23. The van der Waals surface area contributed by atoms with Crippen LogP contribution in [0.1, 0.15) is 104 Å². The summed E-state index contributed by atoms with van der Waals surface area (Å²) in [6.07, 6.45) is 6.97. The number of Topliss-reactive ketones (excluding diaryl/α,β-unsaturated/α-hetero) is 2. The van der Waals surface area contributed by atoms with Crippen molar-refractivity contribution in [3.8, 4) is 5.75 Å². The Morgan fingerprint density at radius 3 is 1.52 bits per heavy atom. The number of anilines is 1. The van der Waals surface area contributed by atoms with Crippen molar-refractivity contribution in [2.45, 2.75) is 147 Å². The van der Waals surface area contributed by atoms with Crippen molar-refractivity contribution in [3.05, 3.63) is 59.7 Å². The van der Waals surface area contributed by atoms with Gasteiger partial charge in [-0.1, -0.05) is 31.1 Å². The van der Waals surface area contributed by atoms with Gasteiger partial charge in [0.2, 0.25) is 76.8 Å². The number of fused-ring (bicyclic) bond motifs is 7. The summed E-state index contributed by atoms with van der Waals surface area (Å²) in [5.74, 6) is -11.3. The zero-order chi connectivity index (χ0) is 88.2. The summed E-state index contributed by atoms with van der Waals surface area (Å²) >= 11 is 0. The normalized spacial score (nSPS) is 23.6. The number of nitrogens with zero attached hydrogens (tertiary/aromatic N) is 11. The molecule has 0 radical (unpaired) electrons. The van der Waals surface area contributed by atoms with Gasteiger partial charge in [-0.15, -0.1) is 0 Å². The lowest BCUT2D eigenvalue weighted by atomic mass is 9.44. The van der Waals surface area contributed by atoms with Crippen LogP contribution in [0.5, 0.6) is 5.75 Å². The topological polar surface area (TPSA) is 436 Å². The van der Waals surface area contributed by atoms with Crippen LogP contribution in [0.4, 0.5) is 10.1 Å². The Kier molecular flexibility index (Phi) is 31.1. The van der Waals surface area contributed by atoms with Crippen LogP contribution in [0, 0.1) is 28.6 Å². The molecule has 38 heteroatoms. The summed E-state index contributed by atoms with van der Waals surface area (Å²) in [5, 5.41) is 19.8. The fourth-order valence-corrected chi connectivity index (χ4v) is 16.4. The molecule has 1 aromatic rings. The second kappa shape index (κ2) is 39.4. The van der Waals surface area contributed by atoms with E-state index in [4.69, 9.17) is 18.9 Å². The number of benzene rings is 1. The van der Waals surface area contributed by atoms with Crippen molar-refractivity contribution in [1.29, 1.82) is 0 Å². The van der Waals surface area contributed by atoms with E-state index in [0.29, 0.717) is 30.4 Å². The number of nitrogens with one attached hydrogen (secondary N) is 3. The Balaban J connectivity index is 0.725. The van der Waals surface area contributed by atoms with Crippen molar-refractivity contribution >= 4 is 112 Å². The van der Waals surface area contributed by atoms with Crippen molar-refractivity contribution < 1.29 is 115 Å². The van der Waals surface area contributed by atoms with Gasteiger partial charge in [0.1, 0.15) is 37.0 Å². The summed E-state index contributed by atoms with van der Waals surface area (Å²) < 4.78 is 43.3. The van der Waals surface area contributed by atoms with E-state index in [1.165, 1.54) is 120 Å². The molecule has 652 valence electrons. The molecule has 5 aliphatic carbocycles. The Labute approximate surface area is 690 Å². The smallest absolute Gasteiger partial charge is 0.258 e. The second-order valence-corrected chi connectivity index (χ2v) is 32.8. The van der Waals surface area contributed by atoms with Crippen molar-refractivity contribution in [2.75, 3.05) is 161 Å². The number of carbonyl (C=O) groups excluding carboxylic acids is 18. The van der Waals surface area contributed by atoms with Crippen LogP contribution in [-0.4, -0.2) is 358 Å². The fourth-order valence-electron chi connectivity index (χ4n) is 16.4. The van der Waals surface area contributed by atoms with E-state index >= 15 is 4.39 Å². The first-order chi connectivity index (χ1) is 55.8. The molecule has 7 aliphatic rings. The number of aryl methyl sites for hydroxylation is 1. The summed E-state index contributed by atoms with van der Waals surface area (Å²) in [4.78, 5) is 246. The van der Waals surface area contributed by atoms with Gasteiger partial charge in [0.15, 0.2) is 29.1 Å². The van der Waals surface area contributed by atoms with Crippen molar-refractivity contribution in [1.82, 2.24) is 64.9 Å². The van der Waals surface area contributed by atoms with Gasteiger partial charge in [0, 0.05) is 124 Å². The third kappa shape index (κ3) is 21.5. The van der Waals surface area contributed by atoms with Gasteiger partial charge in [-0.05, 0) is 109 Å². The third-order valence-corrected chi connectivity index (χ3v) is 24.1. The number of hydrogen-bond donors (Lipinski definition) is 4. The number of likely N-dealkylation sites (N-methyl/N-ethyl adjacent to an activating group) is 10. The third-order valence-electron chi connectivity index (χ3n) is 24.1. The first-order valence-corrected chi connectivity index (χ1v) is 39.6. The van der Waals surface area contributed by atoms with E-state index in [9.17, 15) is 91.4 Å². The van der Waals surface area contributed by atoms with Crippen LogP contribution in [0.15, 0.2) is 54.2 Å².